The molecule has 0 aliphatic rings. The summed E-state index contributed by atoms with van der Waals surface area (Å²) in [7, 11) is 0. The third-order valence-corrected chi connectivity index (χ3v) is 2.71. The van der Waals surface area contributed by atoms with Crippen molar-refractivity contribution in [2.24, 2.45) is 5.92 Å². The van der Waals surface area contributed by atoms with E-state index in [4.69, 9.17) is 10.2 Å². The maximum Gasteiger partial charge on any atom is 0.141 e. The van der Waals surface area contributed by atoms with Crippen molar-refractivity contribution >= 4 is 0 Å². The minimum atomic E-state index is -0.145. The lowest BCUT2D eigenvalue weighted by atomic mass is 10.1. The Balaban J connectivity index is 2.72. The van der Waals surface area contributed by atoms with Gasteiger partial charge in [0.15, 0.2) is 0 Å². The molecule has 0 saturated carbocycles. The van der Waals surface area contributed by atoms with E-state index in [-0.39, 0.29) is 24.9 Å². The van der Waals surface area contributed by atoms with Crippen LogP contribution in [0.25, 0.3) is 0 Å². The van der Waals surface area contributed by atoms with Crippen molar-refractivity contribution in [1.29, 1.82) is 0 Å². The van der Waals surface area contributed by atoms with Crippen molar-refractivity contribution in [3.63, 3.8) is 0 Å². The second kappa shape index (κ2) is 6.54. The fourth-order valence-electron chi connectivity index (χ4n) is 1.53. The first kappa shape index (κ1) is 13.9. The van der Waals surface area contributed by atoms with E-state index in [9.17, 15) is 5.11 Å². The summed E-state index contributed by atoms with van der Waals surface area (Å²) in [5.41, 5.74) is 1.84. The van der Waals surface area contributed by atoms with Crippen LogP contribution in [-0.2, 0) is 13.2 Å². The van der Waals surface area contributed by atoms with Gasteiger partial charge >= 0.3 is 0 Å². The van der Waals surface area contributed by atoms with Crippen molar-refractivity contribution in [2.45, 2.75) is 27.0 Å². The van der Waals surface area contributed by atoms with Gasteiger partial charge in [-0.05, 0) is 12.8 Å². The van der Waals surface area contributed by atoms with Gasteiger partial charge < -0.3 is 20.6 Å². The summed E-state index contributed by atoms with van der Waals surface area (Å²) in [5.74, 6) is 0.290. The molecule has 96 valence electrons. The van der Waals surface area contributed by atoms with E-state index in [2.05, 4.69) is 10.3 Å². The standard InChI is InChI=1S/C12H20N2O3/c1-8(6-15)3-13-5-11-10(7-16)4-14-9(2)12(11)17/h4,8,13,15-17H,3,5-7H2,1-2H3. The molecule has 0 saturated heterocycles. The Kier molecular flexibility index (Phi) is 5.34. The van der Waals surface area contributed by atoms with E-state index >= 15 is 0 Å². The summed E-state index contributed by atoms with van der Waals surface area (Å²) in [6, 6.07) is 0. The molecular weight excluding hydrogens is 220 g/mol. The average Bonchev–Trinajstić information content (AvgIpc) is 2.34. The Morgan fingerprint density at radius 1 is 1.41 bits per heavy atom. The van der Waals surface area contributed by atoms with Crippen LogP contribution < -0.4 is 5.32 Å². The van der Waals surface area contributed by atoms with Gasteiger partial charge in [-0.1, -0.05) is 6.92 Å². The van der Waals surface area contributed by atoms with Crippen LogP contribution in [0.4, 0.5) is 0 Å². The summed E-state index contributed by atoms with van der Waals surface area (Å²) < 4.78 is 0. The van der Waals surface area contributed by atoms with Crippen LogP contribution in [0.2, 0.25) is 0 Å². The highest BCUT2D eigenvalue weighted by Gasteiger charge is 2.11. The van der Waals surface area contributed by atoms with Crippen LogP contribution in [0.3, 0.4) is 0 Å². The Labute approximate surface area is 101 Å². The first-order valence-electron chi connectivity index (χ1n) is 5.68. The van der Waals surface area contributed by atoms with Crippen LogP contribution in [0.15, 0.2) is 6.20 Å². The highest BCUT2D eigenvalue weighted by molar-refractivity contribution is 5.40. The SMILES string of the molecule is Cc1ncc(CO)c(CNCC(C)CO)c1O. The van der Waals surface area contributed by atoms with Gasteiger partial charge in [0.1, 0.15) is 5.75 Å². The molecule has 5 heteroatoms. The molecule has 0 amide bonds. The summed E-state index contributed by atoms with van der Waals surface area (Å²) in [5, 5.41) is 31.1. The van der Waals surface area contributed by atoms with E-state index < -0.39 is 0 Å². The first-order chi connectivity index (χ1) is 8.10. The highest BCUT2D eigenvalue weighted by Crippen LogP contribution is 2.23. The Morgan fingerprint density at radius 2 is 2.12 bits per heavy atom. The van der Waals surface area contributed by atoms with Crippen LogP contribution in [-0.4, -0.2) is 33.5 Å². The Hall–Kier alpha value is -1.17. The number of aromatic hydroxyl groups is 1. The number of aliphatic hydroxyl groups is 2. The van der Waals surface area contributed by atoms with E-state index in [1.165, 1.54) is 0 Å². The van der Waals surface area contributed by atoms with Crippen molar-refractivity contribution in [2.75, 3.05) is 13.2 Å². The molecule has 1 aromatic rings. The predicted octanol–water partition coefficient (Wildman–Crippen LogP) is 0.306. The second-order valence-electron chi connectivity index (χ2n) is 4.27. The van der Waals surface area contributed by atoms with E-state index in [1.54, 1.807) is 13.1 Å². The molecular formula is C12H20N2O3. The van der Waals surface area contributed by atoms with Gasteiger partial charge in [0.2, 0.25) is 0 Å². The third-order valence-electron chi connectivity index (χ3n) is 2.71. The van der Waals surface area contributed by atoms with Gasteiger partial charge in [0.05, 0.1) is 12.3 Å². The number of aliphatic hydroxyl groups excluding tert-OH is 2. The molecule has 0 radical (unpaired) electrons. The fraction of sp³-hybridized carbons (Fsp3) is 0.583. The highest BCUT2D eigenvalue weighted by atomic mass is 16.3. The predicted molar refractivity (Wildman–Crippen MR) is 64.5 cm³/mol. The van der Waals surface area contributed by atoms with Crippen molar-refractivity contribution in [3.8, 4) is 5.75 Å². The van der Waals surface area contributed by atoms with E-state index in [1.807, 2.05) is 6.92 Å². The maximum atomic E-state index is 9.87. The monoisotopic (exact) mass is 240 g/mol. The molecule has 0 spiro atoms. The number of nitrogens with zero attached hydrogens (tertiary/aromatic N) is 1. The third kappa shape index (κ3) is 3.66. The molecule has 0 aliphatic heterocycles. The number of hydrogen-bond donors (Lipinski definition) is 4. The lowest BCUT2D eigenvalue weighted by Gasteiger charge is -2.14. The van der Waals surface area contributed by atoms with Gasteiger partial charge in [-0.3, -0.25) is 4.98 Å². The smallest absolute Gasteiger partial charge is 0.141 e. The molecule has 1 rings (SSSR count). The zero-order valence-electron chi connectivity index (χ0n) is 10.3. The van der Waals surface area contributed by atoms with Crippen LogP contribution in [0.5, 0.6) is 5.75 Å². The summed E-state index contributed by atoms with van der Waals surface area (Å²) in [6.45, 7) is 4.74. The zero-order chi connectivity index (χ0) is 12.8. The molecule has 1 unspecified atom stereocenters. The summed E-state index contributed by atoms with van der Waals surface area (Å²) >= 11 is 0. The van der Waals surface area contributed by atoms with Gasteiger partial charge in [0, 0.05) is 37.0 Å². The minimum Gasteiger partial charge on any atom is -0.506 e. The van der Waals surface area contributed by atoms with Crippen molar-refractivity contribution < 1.29 is 15.3 Å². The Bertz CT molecular complexity index is 369. The van der Waals surface area contributed by atoms with E-state index in [0.717, 1.165) is 0 Å². The maximum absolute atomic E-state index is 9.87. The number of nitrogens with one attached hydrogen (secondary N) is 1. The lowest BCUT2D eigenvalue weighted by molar-refractivity contribution is 0.233. The molecule has 1 heterocycles. The number of rotatable bonds is 6. The molecule has 0 fully saturated rings. The number of hydrogen-bond acceptors (Lipinski definition) is 5. The van der Waals surface area contributed by atoms with Crippen LogP contribution in [0.1, 0.15) is 23.7 Å². The fourth-order valence-corrected chi connectivity index (χ4v) is 1.53. The molecule has 0 bridgehead atoms. The molecule has 1 aromatic heterocycles. The molecule has 5 nitrogen and oxygen atoms in total. The second-order valence-corrected chi connectivity index (χ2v) is 4.27. The van der Waals surface area contributed by atoms with Crippen molar-refractivity contribution in [3.05, 3.63) is 23.0 Å². The largest absolute Gasteiger partial charge is 0.506 e. The number of pyridine rings is 1. The number of aromatic nitrogens is 1. The molecule has 1 atom stereocenters. The molecule has 0 aromatic carbocycles. The summed E-state index contributed by atoms with van der Waals surface area (Å²) in [4.78, 5) is 3.99. The summed E-state index contributed by atoms with van der Waals surface area (Å²) in [6.07, 6.45) is 1.57. The van der Waals surface area contributed by atoms with E-state index in [0.29, 0.717) is 29.9 Å². The minimum absolute atomic E-state index is 0.126. The molecule has 17 heavy (non-hydrogen) atoms. The van der Waals surface area contributed by atoms with Gasteiger partial charge in [0.25, 0.3) is 0 Å². The van der Waals surface area contributed by atoms with Crippen LogP contribution >= 0.6 is 0 Å². The topological polar surface area (TPSA) is 85.6 Å². The normalized spacial score (nSPS) is 12.7. The van der Waals surface area contributed by atoms with Crippen LogP contribution in [0, 0.1) is 12.8 Å². The number of aryl methyl sites for hydroxylation is 1. The Morgan fingerprint density at radius 3 is 2.71 bits per heavy atom. The van der Waals surface area contributed by atoms with Gasteiger partial charge in [-0.15, -0.1) is 0 Å². The lowest BCUT2D eigenvalue weighted by Crippen LogP contribution is -2.23. The zero-order valence-corrected chi connectivity index (χ0v) is 10.3. The van der Waals surface area contributed by atoms with Gasteiger partial charge in [-0.2, -0.15) is 0 Å². The molecule has 4 N–H and O–H groups in total. The molecule has 0 aliphatic carbocycles. The first-order valence-corrected chi connectivity index (χ1v) is 5.68. The van der Waals surface area contributed by atoms with Gasteiger partial charge in [-0.25, -0.2) is 0 Å². The average molecular weight is 240 g/mol. The quantitative estimate of drug-likeness (QED) is 0.575. The van der Waals surface area contributed by atoms with Crippen molar-refractivity contribution in [1.82, 2.24) is 10.3 Å².